The van der Waals surface area contributed by atoms with Crippen LogP contribution in [0.5, 0.6) is 0 Å². The molecular weight excluding hydrogens is 414 g/mol. The smallest absolute Gasteiger partial charge is 0.163 e. The summed E-state index contributed by atoms with van der Waals surface area (Å²) in [4.78, 5) is 0. The summed E-state index contributed by atoms with van der Waals surface area (Å²) < 4.78 is 25.4. The largest absolute Gasteiger partial charge is 0.344 e. The lowest BCUT2D eigenvalue weighted by Crippen LogP contribution is -2.34. The first kappa shape index (κ1) is 21.7. The van der Waals surface area contributed by atoms with Crippen molar-refractivity contribution in [1.82, 2.24) is 0 Å². The van der Waals surface area contributed by atoms with E-state index in [1.807, 2.05) is 27.7 Å². The van der Waals surface area contributed by atoms with Crippen molar-refractivity contribution in [2.75, 3.05) is 0 Å². The van der Waals surface area contributed by atoms with Crippen LogP contribution in [0.15, 0.2) is 24.3 Å². The Hall–Kier alpha value is -0.0800. The summed E-state index contributed by atoms with van der Waals surface area (Å²) in [6.45, 7) is 17.7. The lowest BCUT2D eigenvalue weighted by atomic mass is 10.1. The van der Waals surface area contributed by atoms with Crippen LogP contribution >= 0.6 is 15.8 Å². The van der Waals surface area contributed by atoms with Crippen molar-refractivity contribution in [3.05, 3.63) is 24.3 Å². The highest BCUT2D eigenvalue weighted by Gasteiger charge is 2.58. The Morgan fingerprint density at radius 3 is 1.10 bits per heavy atom. The van der Waals surface area contributed by atoms with E-state index in [0.717, 1.165) is 0 Å². The second kappa shape index (κ2) is 7.21. The minimum Gasteiger partial charge on any atom is -0.344 e. The van der Waals surface area contributed by atoms with Gasteiger partial charge in [-0.25, -0.2) is 0 Å². The van der Waals surface area contributed by atoms with Crippen LogP contribution in [0.25, 0.3) is 0 Å². The molecule has 2 unspecified atom stereocenters. The van der Waals surface area contributed by atoms with Crippen molar-refractivity contribution >= 4 is 26.5 Å². The van der Waals surface area contributed by atoms with E-state index < -0.39 is 11.6 Å². The summed E-state index contributed by atoms with van der Waals surface area (Å²) in [5, 5.41) is 3.13. The van der Waals surface area contributed by atoms with Crippen molar-refractivity contribution in [2.24, 2.45) is 0 Å². The van der Waals surface area contributed by atoms with Crippen molar-refractivity contribution in [1.29, 1.82) is 0 Å². The average molecular weight is 450 g/mol. The molecule has 0 saturated carbocycles. The van der Waals surface area contributed by atoms with E-state index >= 15 is 0 Å². The van der Waals surface area contributed by atoms with Gasteiger partial charge < -0.3 is 18.9 Å². The Morgan fingerprint density at radius 1 is 0.567 bits per heavy atom. The van der Waals surface area contributed by atoms with Crippen molar-refractivity contribution < 1.29 is 18.9 Å². The molecule has 6 heteroatoms. The second-order valence-corrected chi connectivity index (χ2v) is 16.2. The third-order valence-electron chi connectivity index (χ3n) is 7.42. The zero-order chi connectivity index (χ0) is 21.6. The fraction of sp³-hybridized carbons (Fsp3) is 0.750. The van der Waals surface area contributed by atoms with Crippen LogP contribution in [0.4, 0.5) is 0 Å². The molecule has 30 heavy (non-hydrogen) atoms. The monoisotopic (exact) mass is 450 g/mol. The second-order valence-electron chi connectivity index (χ2n) is 10.4. The normalized spacial score (nSPS) is 48.7. The number of benzene rings is 1. The molecule has 0 bridgehead atoms. The summed E-state index contributed by atoms with van der Waals surface area (Å²) in [5.41, 5.74) is 1.99. The van der Waals surface area contributed by atoms with E-state index in [4.69, 9.17) is 18.9 Å². The van der Waals surface area contributed by atoms with Crippen LogP contribution in [-0.4, -0.2) is 58.6 Å². The van der Waals surface area contributed by atoms with Gasteiger partial charge in [-0.05, 0) is 38.3 Å². The van der Waals surface area contributed by atoms with Gasteiger partial charge in [-0.3, -0.25) is 0 Å². The van der Waals surface area contributed by atoms with Gasteiger partial charge in [-0.2, -0.15) is 0 Å². The summed E-state index contributed by atoms with van der Waals surface area (Å²) in [6, 6.07) is 9.22. The number of fused-ring (bicyclic) bond motifs is 2. The quantitative estimate of drug-likeness (QED) is 0.621. The number of rotatable bonds is 2. The molecule has 4 heterocycles. The Kier molecular flexibility index (Phi) is 5.23. The van der Waals surface area contributed by atoms with Crippen LogP contribution in [0, 0.1) is 0 Å². The SMILES string of the molecule is CC1[C@H]2OC(C)(C)O[C@@H]2[C@H](C)P1c1ccccc1P1[C@@H](C)[C@H]2OC(C)(C)O[C@@H]2[C@@H]1C. The van der Waals surface area contributed by atoms with Gasteiger partial charge in [0, 0.05) is 22.6 Å². The fourth-order valence-corrected chi connectivity index (χ4v) is 13.6. The molecule has 4 nitrogen and oxygen atoms in total. The van der Waals surface area contributed by atoms with Gasteiger partial charge in [0.05, 0.1) is 24.4 Å². The van der Waals surface area contributed by atoms with Crippen molar-refractivity contribution in [3.63, 3.8) is 0 Å². The lowest BCUT2D eigenvalue weighted by molar-refractivity contribution is -0.147. The maximum atomic E-state index is 6.36. The third-order valence-corrected chi connectivity index (χ3v) is 14.2. The zero-order valence-corrected chi connectivity index (χ0v) is 21.2. The topological polar surface area (TPSA) is 36.9 Å². The molecule has 0 aliphatic carbocycles. The van der Waals surface area contributed by atoms with Crippen LogP contribution < -0.4 is 10.6 Å². The van der Waals surface area contributed by atoms with E-state index in [1.165, 1.54) is 0 Å². The Bertz CT molecular complexity index is 720. The number of hydrogen-bond acceptors (Lipinski definition) is 4. The van der Waals surface area contributed by atoms with Crippen LogP contribution in [-0.2, 0) is 18.9 Å². The molecule has 0 amide bonds. The molecule has 5 rings (SSSR count). The first-order chi connectivity index (χ1) is 14.0. The predicted molar refractivity (Wildman–Crippen MR) is 125 cm³/mol. The first-order valence-corrected chi connectivity index (χ1v) is 14.3. The van der Waals surface area contributed by atoms with Gasteiger partial charge >= 0.3 is 0 Å². The molecular formula is C24H36O4P2. The minimum atomic E-state index is -0.462. The van der Waals surface area contributed by atoms with Gasteiger partial charge in [0.2, 0.25) is 0 Å². The van der Waals surface area contributed by atoms with Crippen LogP contribution in [0.2, 0.25) is 0 Å². The fourth-order valence-electron chi connectivity index (χ4n) is 6.28. The highest BCUT2D eigenvalue weighted by molar-refractivity contribution is 7.73. The molecule has 9 atom stereocenters. The van der Waals surface area contributed by atoms with E-state index in [2.05, 4.69) is 52.0 Å². The summed E-state index contributed by atoms with van der Waals surface area (Å²) in [7, 11) is -0.723. The molecule has 4 fully saturated rings. The van der Waals surface area contributed by atoms with Crippen molar-refractivity contribution in [3.8, 4) is 0 Å². The number of ether oxygens (including phenoxy) is 4. The van der Waals surface area contributed by atoms with Gasteiger partial charge in [0.15, 0.2) is 11.6 Å². The van der Waals surface area contributed by atoms with Gasteiger partial charge in [-0.1, -0.05) is 67.8 Å². The Morgan fingerprint density at radius 2 is 0.833 bits per heavy atom. The number of hydrogen-bond donors (Lipinski definition) is 0. The van der Waals surface area contributed by atoms with E-state index in [0.29, 0.717) is 22.6 Å². The van der Waals surface area contributed by atoms with Crippen LogP contribution in [0.1, 0.15) is 55.4 Å². The summed E-state index contributed by atoms with van der Waals surface area (Å²) >= 11 is 0. The van der Waals surface area contributed by atoms with Crippen molar-refractivity contribution in [2.45, 2.75) is 114 Å². The first-order valence-electron chi connectivity index (χ1n) is 11.4. The summed E-state index contributed by atoms with van der Waals surface area (Å²) in [5.74, 6) is -0.924. The highest BCUT2D eigenvalue weighted by Crippen LogP contribution is 2.63. The summed E-state index contributed by atoms with van der Waals surface area (Å²) in [6.07, 6.45) is 0.805. The highest BCUT2D eigenvalue weighted by atomic mass is 31.1. The van der Waals surface area contributed by atoms with Crippen LogP contribution in [0.3, 0.4) is 0 Å². The molecule has 0 radical (unpaired) electrons. The minimum absolute atomic E-state index is 0.201. The molecule has 0 aromatic heterocycles. The van der Waals surface area contributed by atoms with Gasteiger partial charge in [0.25, 0.3) is 0 Å². The van der Waals surface area contributed by atoms with Gasteiger partial charge in [0.1, 0.15) is 0 Å². The molecule has 4 aliphatic heterocycles. The molecule has 1 aromatic carbocycles. The maximum absolute atomic E-state index is 6.36. The standard InChI is InChI=1S/C24H36O4P2/c1-13-19-20(26-23(5,6)25-19)14(2)29(13)17-11-9-10-12-18(17)30-15(3)21-22(16(30)4)28-24(7,8)27-21/h9-16,19-22H,1-8H3/t13-,14-,15-,16?,19+,20+,21+,22+,30?/m0/s1. The molecule has 1 aromatic rings. The zero-order valence-electron chi connectivity index (χ0n) is 19.5. The Balaban J connectivity index is 1.48. The molecule has 0 N–H and O–H groups in total. The third kappa shape index (κ3) is 3.25. The lowest BCUT2D eigenvalue weighted by Gasteiger charge is -2.33. The average Bonchev–Trinajstić information content (AvgIpc) is 3.29. The maximum Gasteiger partial charge on any atom is 0.163 e. The van der Waals surface area contributed by atoms with Gasteiger partial charge in [-0.15, -0.1) is 0 Å². The molecule has 4 aliphatic rings. The molecule has 0 spiro atoms. The van der Waals surface area contributed by atoms with E-state index in [9.17, 15) is 0 Å². The molecule has 4 saturated heterocycles. The van der Waals surface area contributed by atoms with E-state index in [1.54, 1.807) is 10.6 Å². The Labute approximate surface area is 183 Å². The predicted octanol–water partition coefficient (Wildman–Crippen LogP) is 4.52. The van der Waals surface area contributed by atoms with E-state index in [-0.39, 0.29) is 40.3 Å². The molecule has 166 valence electrons.